The summed E-state index contributed by atoms with van der Waals surface area (Å²) in [6, 6.07) is 13.0. The van der Waals surface area contributed by atoms with Crippen LogP contribution in [0, 0.1) is 5.82 Å². The molecule has 0 aliphatic carbocycles. The third kappa shape index (κ3) is 4.11. The number of amides is 1. The fraction of sp³-hybridized carbons (Fsp3) is 0.316. The number of aliphatic hydroxyl groups is 1. The van der Waals surface area contributed by atoms with Gasteiger partial charge in [-0.05, 0) is 49.2 Å². The normalized spacial score (nSPS) is 12.5. The SMILES string of the molecule is COc1cccc(C(O)CNC(=O)C(C)(C)c2cccc(F)c2)c1. The summed E-state index contributed by atoms with van der Waals surface area (Å²) in [5.41, 5.74) is 0.324. The van der Waals surface area contributed by atoms with Crippen LogP contribution in [-0.4, -0.2) is 24.7 Å². The summed E-state index contributed by atoms with van der Waals surface area (Å²) < 4.78 is 18.5. The van der Waals surface area contributed by atoms with Crippen LogP contribution in [0.15, 0.2) is 48.5 Å². The van der Waals surface area contributed by atoms with E-state index in [-0.39, 0.29) is 18.3 Å². The maximum atomic E-state index is 13.4. The molecule has 128 valence electrons. The first-order valence-corrected chi connectivity index (χ1v) is 7.71. The average molecular weight is 331 g/mol. The second-order valence-electron chi connectivity index (χ2n) is 6.14. The van der Waals surface area contributed by atoms with Gasteiger partial charge in [-0.2, -0.15) is 0 Å². The molecule has 2 N–H and O–H groups in total. The number of aliphatic hydroxyl groups excluding tert-OH is 1. The molecule has 0 radical (unpaired) electrons. The van der Waals surface area contributed by atoms with Gasteiger partial charge in [0.15, 0.2) is 0 Å². The van der Waals surface area contributed by atoms with E-state index >= 15 is 0 Å². The Morgan fingerprint density at radius 3 is 2.62 bits per heavy atom. The van der Waals surface area contributed by atoms with Crippen molar-refractivity contribution in [3.05, 3.63) is 65.5 Å². The summed E-state index contributed by atoms with van der Waals surface area (Å²) >= 11 is 0. The molecule has 0 spiro atoms. The Hall–Kier alpha value is -2.40. The summed E-state index contributed by atoms with van der Waals surface area (Å²) in [7, 11) is 1.55. The molecule has 0 bridgehead atoms. The zero-order chi connectivity index (χ0) is 17.7. The number of benzene rings is 2. The van der Waals surface area contributed by atoms with Crippen molar-refractivity contribution in [2.24, 2.45) is 0 Å². The lowest BCUT2D eigenvalue weighted by Gasteiger charge is -2.25. The van der Waals surface area contributed by atoms with Gasteiger partial charge in [0, 0.05) is 6.54 Å². The molecular formula is C19H22FNO3. The van der Waals surface area contributed by atoms with Crippen LogP contribution in [0.5, 0.6) is 5.75 Å². The van der Waals surface area contributed by atoms with Crippen LogP contribution in [0.2, 0.25) is 0 Å². The van der Waals surface area contributed by atoms with Gasteiger partial charge in [-0.3, -0.25) is 4.79 Å². The highest BCUT2D eigenvalue weighted by Crippen LogP contribution is 2.24. The molecule has 5 heteroatoms. The molecule has 24 heavy (non-hydrogen) atoms. The molecular weight excluding hydrogens is 309 g/mol. The zero-order valence-corrected chi connectivity index (χ0v) is 14.0. The Morgan fingerprint density at radius 2 is 1.96 bits per heavy atom. The molecule has 1 amide bonds. The van der Waals surface area contributed by atoms with Gasteiger partial charge < -0.3 is 15.2 Å². The van der Waals surface area contributed by atoms with E-state index in [2.05, 4.69) is 5.32 Å². The quantitative estimate of drug-likeness (QED) is 0.855. The maximum absolute atomic E-state index is 13.4. The van der Waals surface area contributed by atoms with E-state index in [1.165, 1.54) is 12.1 Å². The number of ether oxygens (including phenoxy) is 1. The first-order chi connectivity index (χ1) is 11.3. The predicted octanol–water partition coefficient (Wildman–Crippen LogP) is 2.96. The van der Waals surface area contributed by atoms with Crippen molar-refractivity contribution in [3.63, 3.8) is 0 Å². The van der Waals surface area contributed by atoms with Crippen LogP contribution in [0.1, 0.15) is 31.1 Å². The molecule has 0 fully saturated rings. The van der Waals surface area contributed by atoms with Gasteiger partial charge in [0.2, 0.25) is 5.91 Å². The molecule has 4 nitrogen and oxygen atoms in total. The monoisotopic (exact) mass is 331 g/mol. The van der Waals surface area contributed by atoms with E-state index < -0.39 is 11.5 Å². The number of carbonyl (C=O) groups excluding carboxylic acids is 1. The van der Waals surface area contributed by atoms with Crippen molar-refractivity contribution in [1.29, 1.82) is 0 Å². The summed E-state index contributed by atoms with van der Waals surface area (Å²) in [6.07, 6.45) is -0.854. The molecule has 2 rings (SSSR count). The third-order valence-corrected chi connectivity index (χ3v) is 4.05. The van der Waals surface area contributed by atoms with E-state index in [9.17, 15) is 14.3 Å². The largest absolute Gasteiger partial charge is 0.497 e. The van der Waals surface area contributed by atoms with Crippen LogP contribution in [-0.2, 0) is 10.2 Å². The summed E-state index contributed by atoms with van der Waals surface area (Å²) in [5.74, 6) is -0.0298. The average Bonchev–Trinajstić information content (AvgIpc) is 2.59. The van der Waals surface area contributed by atoms with Crippen molar-refractivity contribution in [3.8, 4) is 5.75 Å². The molecule has 0 heterocycles. The van der Waals surface area contributed by atoms with Crippen molar-refractivity contribution in [2.75, 3.05) is 13.7 Å². The Kier molecular flexibility index (Phi) is 5.57. The minimum absolute atomic E-state index is 0.0603. The van der Waals surface area contributed by atoms with E-state index in [1.54, 1.807) is 57.4 Å². The molecule has 1 unspecified atom stereocenters. The number of halogens is 1. The number of rotatable bonds is 6. The number of hydrogen-bond donors (Lipinski definition) is 2. The fourth-order valence-corrected chi connectivity index (χ4v) is 2.39. The minimum Gasteiger partial charge on any atom is -0.497 e. The lowest BCUT2D eigenvalue weighted by Crippen LogP contribution is -2.41. The van der Waals surface area contributed by atoms with Gasteiger partial charge in [0.05, 0.1) is 18.6 Å². The zero-order valence-electron chi connectivity index (χ0n) is 14.0. The second-order valence-corrected chi connectivity index (χ2v) is 6.14. The molecule has 2 aromatic carbocycles. The van der Waals surface area contributed by atoms with E-state index in [0.29, 0.717) is 16.9 Å². The van der Waals surface area contributed by atoms with Crippen LogP contribution < -0.4 is 10.1 Å². The van der Waals surface area contributed by atoms with Crippen molar-refractivity contribution in [2.45, 2.75) is 25.4 Å². The van der Waals surface area contributed by atoms with Gasteiger partial charge in [-0.1, -0.05) is 24.3 Å². The van der Waals surface area contributed by atoms with Gasteiger partial charge in [0.25, 0.3) is 0 Å². The van der Waals surface area contributed by atoms with E-state index in [1.807, 2.05) is 0 Å². The summed E-state index contributed by atoms with van der Waals surface area (Å²) in [6.45, 7) is 3.49. The van der Waals surface area contributed by atoms with Crippen LogP contribution in [0.25, 0.3) is 0 Å². The number of hydrogen-bond acceptors (Lipinski definition) is 3. The Balaban J connectivity index is 2.03. The van der Waals surface area contributed by atoms with Crippen molar-refractivity contribution < 1.29 is 19.0 Å². The fourth-order valence-electron chi connectivity index (χ4n) is 2.39. The Morgan fingerprint density at radius 1 is 1.25 bits per heavy atom. The lowest BCUT2D eigenvalue weighted by molar-refractivity contribution is -0.126. The maximum Gasteiger partial charge on any atom is 0.230 e. The molecule has 0 aromatic heterocycles. The number of carbonyl (C=O) groups is 1. The van der Waals surface area contributed by atoms with Gasteiger partial charge in [-0.15, -0.1) is 0 Å². The highest BCUT2D eigenvalue weighted by atomic mass is 19.1. The van der Waals surface area contributed by atoms with Crippen LogP contribution >= 0.6 is 0 Å². The predicted molar refractivity (Wildman–Crippen MR) is 90.4 cm³/mol. The summed E-state index contributed by atoms with van der Waals surface area (Å²) in [5, 5.41) is 13.0. The van der Waals surface area contributed by atoms with Gasteiger partial charge >= 0.3 is 0 Å². The number of nitrogens with one attached hydrogen (secondary N) is 1. The summed E-state index contributed by atoms with van der Waals surface area (Å²) in [4.78, 5) is 12.5. The molecule has 2 aromatic rings. The van der Waals surface area contributed by atoms with Crippen molar-refractivity contribution in [1.82, 2.24) is 5.32 Å². The Bertz CT molecular complexity index is 715. The lowest BCUT2D eigenvalue weighted by atomic mass is 9.83. The highest BCUT2D eigenvalue weighted by molar-refractivity contribution is 5.87. The van der Waals surface area contributed by atoms with Crippen molar-refractivity contribution >= 4 is 5.91 Å². The standard InChI is InChI=1S/C19H22FNO3/c1-19(2,14-7-5-8-15(20)11-14)18(23)21-12-17(22)13-6-4-9-16(10-13)24-3/h4-11,17,22H,12H2,1-3H3,(H,21,23). The minimum atomic E-state index is -0.907. The Labute approximate surface area is 141 Å². The second kappa shape index (κ2) is 7.45. The molecule has 0 saturated heterocycles. The smallest absolute Gasteiger partial charge is 0.230 e. The van der Waals surface area contributed by atoms with Crippen LogP contribution in [0.4, 0.5) is 4.39 Å². The first-order valence-electron chi connectivity index (χ1n) is 7.71. The molecule has 1 atom stereocenters. The molecule has 0 aliphatic rings. The van der Waals surface area contributed by atoms with Gasteiger partial charge in [-0.25, -0.2) is 4.39 Å². The van der Waals surface area contributed by atoms with E-state index in [0.717, 1.165) is 0 Å². The highest BCUT2D eigenvalue weighted by Gasteiger charge is 2.30. The van der Waals surface area contributed by atoms with E-state index in [4.69, 9.17) is 4.74 Å². The third-order valence-electron chi connectivity index (χ3n) is 4.05. The first kappa shape index (κ1) is 17.9. The molecule has 0 aliphatic heterocycles. The number of methoxy groups -OCH3 is 1. The van der Waals surface area contributed by atoms with Crippen LogP contribution in [0.3, 0.4) is 0 Å². The molecule has 0 saturated carbocycles. The topological polar surface area (TPSA) is 58.6 Å². The van der Waals surface area contributed by atoms with Gasteiger partial charge in [0.1, 0.15) is 11.6 Å².